The van der Waals surface area contributed by atoms with Crippen molar-refractivity contribution in [1.82, 2.24) is 14.6 Å². The van der Waals surface area contributed by atoms with Crippen molar-refractivity contribution in [3.63, 3.8) is 0 Å². The van der Waals surface area contributed by atoms with Gasteiger partial charge in [-0.05, 0) is 25.2 Å². The van der Waals surface area contributed by atoms with Gasteiger partial charge in [0.15, 0.2) is 0 Å². The zero-order valence-corrected chi connectivity index (χ0v) is 11.9. The zero-order valence-electron chi connectivity index (χ0n) is 11.1. The van der Waals surface area contributed by atoms with E-state index in [-0.39, 0.29) is 23.0 Å². The van der Waals surface area contributed by atoms with E-state index in [0.29, 0.717) is 5.76 Å². The molecule has 2 rings (SSSR count). The van der Waals surface area contributed by atoms with Gasteiger partial charge in [-0.3, -0.25) is 4.79 Å². The van der Waals surface area contributed by atoms with E-state index >= 15 is 0 Å². The van der Waals surface area contributed by atoms with Gasteiger partial charge in [0.05, 0.1) is 12.8 Å². The summed E-state index contributed by atoms with van der Waals surface area (Å²) in [6, 6.07) is 4.78. The van der Waals surface area contributed by atoms with Crippen molar-refractivity contribution < 1.29 is 17.6 Å². The molecule has 2 aromatic heterocycles. The number of furan rings is 1. The van der Waals surface area contributed by atoms with Gasteiger partial charge in [0, 0.05) is 13.2 Å². The van der Waals surface area contributed by atoms with Crippen molar-refractivity contribution in [3.8, 4) is 0 Å². The van der Waals surface area contributed by atoms with Crippen molar-refractivity contribution >= 4 is 15.9 Å². The lowest BCUT2D eigenvalue weighted by Crippen LogP contribution is -2.24. The first kappa shape index (κ1) is 14.4. The summed E-state index contributed by atoms with van der Waals surface area (Å²) < 4.78 is 32.1. The van der Waals surface area contributed by atoms with Crippen LogP contribution in [-0.2, 0) is 23.6 Å². The lowest BCUT2D eigenvalue weighted by molar-refractivity contribution is 0.0940. The van der Waals surface area contributed by atoms with Gasteiger partial charge < -0.3 is 14.3 Å². The Kier molecular flexibility index (Phi) is 3.96. The standard InChI is InChI=1S/C12H15N3O4S/c1-13-20(17,18)10-6-11(15(2)8-10)12(16)14-7-9-4-3-5-19-9/h3-6,8,13H,7H2,1-2H3,(H,14,16). The fourth-order valence-electron chi connectivity index (χ4n) is 1.70. The molecule has 0 saturated carbocycles. The first-order valence-electron chi connectivity index (χ1n) is 5.84. The van der Waals surface area contributed by atoms with Crippen molar-refractivity contribution in [1.29, 1.82) is 0 Å². The quantitative estimate of drug-likeness (QED) is 0.838. The Bertz CT molecular complexity index is 701. The lowest BCUT2D eigenvalue weighted by atomic mass is 10.4. The second kappa shape index (κ2) is 5.51. The summed E-state index contributed by atoms with van der Waals surface area (Å²) in [6.45, 7) is 0.241. The number of carbonyl (C=O) groups excluding carboxylic acids is 1. The van der Waals surface area contributed by atoms with Crippen LogP contribution in [0.15, 0.2) is 40.0 Å². The van der Waals surface area contributed by atoms with Crippen LogP contribution < -0.4 is 10.0 Å². The third kappa shape index (κ3) is 2.91. The molecule has 0 aliphatic carbocycles. The Morgan fingerprint density at radius 1 is 1.45 bits per heavy atom. The van der Waals surface area contributed by atoms with Crippen molar-refractivity contribution in [2.24, 2.45) is 7.05 Å². The summed E-state index contributed by atoms with van der Waals surface area (Å²) in [7, 11) is -0.635. The van der Waals surface area contributed by atoms with Gasteiger partial charge in [-0.1, -0.05) is 0 Å². The summed E-state index contributed by atoms with van der Waals surface area (Å²) in [4.78, 5) is 12.0. The number of amides is 1. The highest BCUT2D eigenvalue weighted by molar-refractivity contribution is 7.89. The van der Waals surface area contributed by atoms with Crippen molar-refractivity contribution in [2.45, 2.75) is 11.4 Å². The summed E-state index contributed by atoms with van der Waals surface area (Å²) in [5.74, 6) is 0.247. The maximum Gasteiger partial charge on any atom is 0.268 e. The molecule has 0 aliphatic heterocycles. The van der Waals surface area contributed by atoms with Gasteiger partial charge in [0.1, 0.15) is 16.3 Å². The lowest BCUT2D eigenvalue weighted by Gasteiger charge is -2.03. The van der Waals surface area contributed by atoms with E-state index in [0.717, 1.165) is 0 Å². The van der Waals surface area contributed by atoms with Crippen LogP contribution >= 0.6 is 0 Å². The Morgan fingerprint density at radius 3 is 2.80 bits per heavy atom. The van der Waals surface area contributed by atoms with E-state index in [1.54, 1.807) is 19.2 Å². The van der Waals surface area contributed by atoms with E-state index in [1.165, 1.54) is 30.1 Å². The van der Waals surface area contributed by atoms with Crippen molar-refractivity contribution in [3.05, 3.63) is 42.1 Å². The van der Waals surface area contributed by atoms with Gasteiger partial charge in [0.25, 0.3) is 5.91 Å². The van der Waals surface area contributed by atoms with Gasteiger partial charge in [-0.25, -0.2) is 13.1 Å². The molecular formula is C12H15N3O4S. The summed E-state index contributed by atoms with van der Waals surface area (Å²) in [6.07, 6.45) is 2.90. The molecule has 7 nitrogen and oxygen atoms in total. The maximum atomic E-state index is 12.0. The Hall–Kier alpha value is -2.06. The van der Waals surface area contributed by atoms with Gasteiger partial charge in [-0.2, -0.15) is 0 Å². The SMILES string of the molecule is CNS(=O)(=O)c1cc(C(=O)NCc2ccco2)n(C)c1. The maximum absolute atomic E-state index is 12.0. The molecule has 0 unspecified atom stereocenters. The average Bonchev–Trinajstić information content (AvgIpc) is 3.05. The van der Waals surface area contributed by atoms with E-state index < -0.39 is 10.0 Å². The predicted octanol–water partition coefficient (Wildman–Crippen LogP) is 0.456. The van der Waals surface area contributed by atoms with E-state index in [2.05, 4.69) is 10.0 Å². The number of aryl methyl sites for hydroxylation is 1. The molecule has 0 spiro atoms. The normalized spacial score (nSPS) is 11.5. The van der Waals surface area contributed by atoms with Gasteiger partial charge in [-0.15, -0.1) is 0 Å². The van der Waals surface area contributed by atoms with Crippen LogP contribution in [0.5, 0.6) is 0 Å². The number of sulfonamides is 1. The number of nitrogens with zero attached hydrogens (tertiary/aromatic N) is 1. The number of aromatic nitrogens is 1. The van der Waals surface area contributed by atoms with Crippen LogP contribution in [0.3, 0.4) is 0 Å². The topological polar surface area (TPSA) is 93.3 Å². The van der Waals surface area contributed by atoms with Crippen LogP contribution in [0.1, 0.15) is 16.2 Å². The highest BCUT2D eigenvalue weighted by atomic mass is 32.2. The summed E-state index contributed by atoms with van der Waals surface area (Å²) in [5, 5.41) is 2.66. The molecule has 2 heterocycles. The Labute approximate surface area is 116 Å². The molecule has 2 N–H and O–H groups in total. The van der Waals surface area contributed by atoms with Crippen LogP contribution in [-0.4, -0.2) is 25.9 Å². The Balaban J connectivity index is 2.14. The van der Waals surface area contributed by atoms with Gasteiger partial charge in [0.2, 0.25) is 10.0 Å². The van der Waals surface area contributed by atoms with Crippen LogP contribution in [0.25, 0.3) is 0 Å². The minimum absolute atomic E-state index is 0.0469. The number of hydrogen-bond donors (Lipinski definition) is 2. The highest BCUT2D eigenvalue weighted by Gasteiger charge is 2.19. The number of hydrogen-bond acceptors (Lipinski definition) is 4. The number of carbonyl (C=O) groups is 1. The molecule has 8 heteroatoms. The third-order valence-corrected chi connectivity index (χ3v) is 4.18. The van der Waals surface area contributed by atoms with Crippen LogP contribution in [0.4, 0.5) is 0 Å². The summed E-state index contributed by atoms with van der Waals surface area (Å²) >= 11 is 0. The molecule has 0 atom stereocenters. The predicted molar refractivity (Wildman–Crippen MR) is 71.5 cm³/mol. The molecule has 0 aliphatic rings. The van der Waals surface area contributed by atoms with E-state index in [1.807, 2.05) is 0 Å². The molecule has 0 fully saturated rings. The first-order chi connectivity index (χ1) is 9.44. The minimum atomic E-state index is -3.56. The fourth-order valence-corrected chi connectivity index (χ4v) is 2.50. The van der Waals surface area contributed by atoms with Crippen LogP contribution in [0.2, 0.25) is 0 Å². The Morgan fingerprint density at radius 2 is 2.20 bits per heavy atom. The molecule has 108 valence electrons. The van der Waals surface area contributed by atoms with E-state index in [4.69, 9.17) is 4.42 Å². The molecular weight excluding hydrogens is 282 g/mol. The number of nitrogens with one attached hydrogen (secondary N) is 2. The smallest absolute Gasteiger partial charge is 0.268 e. The van der Waals surface area contributed by atoms with E-state index in [9.17, 15) is 13.2 Å². The molecule has 1 amide bonds. The molecule has 0 radical (unpaired) electrons. The summed E-state index contributed by atoms with van der Waals surface area (Å²) in [5.41, 5.74) is 0.255. The molecule has 0 aromatic carbocycles. The average molecular weight is 297 g/mol. The molecule has 2 aromatic rings. The van der Waals surface area contributed by atoms with Gasteiger partial charge >= 0.3 is 0 Å². The minimum Gasteiger partial charge on any atom is -0.467 e. The highest BCUT2D eigenvalue weighted by Crippen LogP contribution is 2.13. The zero-order chi connectivity index (χ0) is 14.8. The third-order valence-electron chi connectivity index (χ3n) is 2.79. The fraction of sp³-hybridized carbons (Fsp3) is 0.250. The monoisotopic (exact) mass is 297 g/mol. The van der Waals surface area contributed by atoms with Crippen molar-refractivity contribution in [2.75, 3.05) is 7.05 Å². The van der Waals surface area contributed by atoms with Crippen LogP contribution in [0, 0.1) is 0 Å². The second-order valence-electron chi connectivity index (χ2n) is 4.14. The number of rotatable bonds is 5. The molecule has 20 heavy (non-hydrogen) atoms. The second-order valence-corrected chi connectivity index (χ2v) is 6.03. The largest absolute Gasteiger partial charge is 0.467 e. The molecule has 0 saturated heterocycles. The first-order valence-corrected chi connectivity index (χ1v) is 7.33. The molecule has 0 bridgehead atoms.